The summed E-state index contributed by atoms with van der Waals surface area (Å²) in [7, 11) is 0. The molecule has 0 amide bonds. The number of carbonyl (C=O) groups excluding carboxylic acids is 1. The second kappa shape index (κ2) is 3.01. The van der Waals surface area contributed by atoms with E-state index in [1.54, 1.807) is 9.01 Å². The fourth-order valence-electron chi connectivity index (χ4n) is 0. The first-order valence-corrected chi connectivity index (χ1v) is 2.68. The summed E-state index contributed by atoms with van der Waals surface area (Å²) >= 11 is 0.981. The van der Waals surface area contributed by atoms with Crippen LogP contribution in [0.4, 0.5) is 0 Å². The molecule has 0 aliphatic rings. The van der Waals surface area contributed by atoms with E-state index in [2.05, 4.69) is 0 Å². The molecule has 0 saturated heterocycles. The van der Waals surface area contributed by atoms with Crippen LogP contribution in [0.25, 0.3) is 0 Å². The van der Waals surface area contributed by atoms with Gasteiger partial charge in [-0.3, -0.25) is 0 Å². The van der Waals surface area contributed by atoms with E-state index in [1.165, 1.54) is 0 Å². The van der Waals surface area contributed by atoms with Crippen molar-refractivity contribution < 1.29 is 4.79 Å². The average molecular weight is 96.1 g/mol. The van der Waals surface area contributed by atoms with E-state index in [-0.39, 0.29) is 5.78 Å². The fourth-order valence-corrected chi connectivity index (χ4v) is 0. The summed E-state index contributed by atoms with van der Waals surface area (Å²) < 4.78 is 1.65. The van der Waals surface area contributed by atoms with Crippen molar-refractivity contribution in [2.45, 2.75) is 6.92 Å². The van der Waals surface area contributed by atoms with Crippen molar-refractivity contribution in [1.29, 1.82) is 0 Å². The van der Waals surface area contributed by atoms with Gasteiger partial charge in [0.25, 0.3) is 0 Å². The molecule has 0 spiro atoms. The molecular weight excluding hydrogens is 92.1 g/mol. The Kier molecular flexibility index (Phi) is 3.49. The van der Waals surface area contributed by atoms with Crippen molar-refractivity contribution in [3.63, 3.8) is 0 Å². The molecule has 24 valence electrons. The molecule has 2 heteroatoms. The molecule has 1 nitrogen and oxygen atoms in total. The Balaban J connectivity index is 3.20. The third-order valence-electron chi connectivity index (χ3n) is 0.287. The van der Waals surface area contributed by atoms with Crippen LogP contribution in [0, 0.1) is 0 Å². The molecule has 0 radical (unpaired) electrons. The summed E-state index contributed by atoms with van der Waals surface area (Å²) in [5.41, 5.74) is 0. The molecular formula is C3H4CaO. The van der Waals surface area contributed by atoms with E-state index in [9.17, 15) is 4.79 Å². The Morgan fingerprint density at radius 3 is 2.20 bits per heavy atom. The first-order chi connectivity index (χ1) is 2.27. The maximum absolute atomic E-state index is 9.79. The first kappa shape index (κ1) is 5.80. The number of ketones is 1. The molecule has 0 aromatic rings. The summed E-state index contributed by atoms with van der Waals surface area (Å²) in [6.45, 7) is 1.56. The van der Waals surface area contributed by atoms with Gasteiger partial charge in [-0.05, 0) is 0 Å². The molecule has 0 unspecified atom stereocenters. The molecule has 0 saturated carbocycles. The Morgan fingerprint density at radius 2 is 2.20 bits per heavy atom. The van der Waals surface area contributed by atoms with Gasteiger partial charge in [0.2, 0.25) is 0 Å². The third-order valence-corrected chi connectivity index (χ3v) is 1.19. The van der Waals surface area contributed by atoms with Crippen LogP contribution in [0.5, 0.6) is 0 Å². The maximum atomic E-state index is 9.79. The molecule has 0 aromatic heterocycles. The predicted octanol–water partition coefficient (Wildman–Crippen LogP) is -0.454. The number of hydrogen-bond acceptors (Lipinski definition) is 1. The summed E-state index contributed by atoms with van der Waals surface area (Å²) in [6, 6.07) is 0. The van der Waals surface area contributed by atoms with Gasteiger partial charge in [-0.25, -0.2) is 0 Å². The number of carbonyl (C=O) groups is 1. The monoisotopic (exact) mass is 96.0 g/mol. The van der Waals surface area contributed by atoms with Gasteiger partial charge in [0.15, 0.2) is 0 Å². The van der Waals surface area contributed by atoms with Gasteiger partial charge in [0.05, 0.1) is 0 Å². The molecule has 0 aliphatic carbocycles. The minimum absolute atomic E-state index is 0.185. The van der Waals surface area contributed by atoms with Gasteiger partial charge in [-0.15, -0.1) is 0 Å². The van der Waals surface area contributed by atoms with E-state index in [4.69, 9.17) is 0 Å². The molecule has 0 N–H and O–H groups in total. The van der Waals surface area contributed by atoms with Gasteiger partial charge in [0.1, 0.15) is 0 Å². The summed E-state index contributed by atoms with van der Waals surface area (Å²) in [4.78, 5) is 9.79. The van der Waals surface area contributed by atoms with Crippen LogP contribution < -0.4 is 0 Å². The van der Waals surface area contributed by atoms with Crippen LogP contribution >= 0.6 is 0 Å². The second-order valence-electron chi connectivity index (χ2n) is 0.815. The van der Waals surface area contributed by atoms with Gasteiger partial charge in [0, 0.05) is 0 Å². The van der Waals surface area contributed by atoms with E-state index in [1.807, 2.05) is 0 Å². The number of hydrogen-bond donors (Lipinski definition) is 0. The average Bonchev–Trinajstić information content (AvgIpc) is 1.38. The molecule has 0 aromatic carbocycles. The van der Waals surface area contributed by atoms with Crippen LogP contribution in [0.1, 0.15) is 6.92 Å². The van der Waals surface area contributed by atoms with E-state index < -0.39 is 0 Å². The predicted molar refractivity (Wildman–Crippen MR) is 22.5 cm³/mol. The third kappa shape index (κ3) is 4.80. The minimum atomic E-state index is 0.185. The molecule has 5 heavy (non-hydrogen) atoms. The van der Waals surface area contributed by atoms with E-state index >= 15 is 0 Å². The SMILES string of the molecule is CC(=O)[CH]=[Ca]. The standard InChI is InChI=1S/C3H4O.Ca/c1-3(2)4;/h1H,2H3;. The van der Waals surface area contributed by atoms with E-state index in [0.29, 0.717) is 0 Å². The van der Waals surface area contributed by atoms with Crippen molar-refractivity contribution in [3.05, 3.63) is 0 Å². The van der Waals surface area contributed by atoms with E-state index in [0.717, 1.165) is 35.3 Å². The summed E-state index contributed by atoms with van der Waals surface area (Å²) in [5.74, 6) is 0.185. The van der Waals surface area contributed by atoms with Crippen LogP contribution in [-0.2, 0) is 4.79 Å². The molecule has 0 rings (SSSR count). The summed E-state index contributed by atoms with van der Waals surface area (Å²) in [5, 5.41) is 0. The topological polar surface area (TPSA) is 17.1 Å². The second-order valence-corrected chi connectivity index (χ2v) is 1.45. The molecule has 0 bridgehead atoms. The Bertz CT molecular complexity index is 57.9. The molecule has 0 heterocycles. The van der Waals surface area contributed by atoms with Gasteiger partial charge >= 0.3 is 54.9 Å². The zero-order valence-corrected chi connectivity index (χ0v) is 5.40. The molecule has 0 fully saturated rings. The van der Waals surface area contributed by atoms with Crippen molar-refractivity contribution in [1.82, 2.24) is 0 Å². The van der Waals surface area contributed by atoms with Crippen molar-refractivity contribution in [3.8, 4) is 0 Å². The quantitative estimate of drug-likeness (QED) is 0.404. The van der Waals surface area contributed by atoms with Gasteiger partial charge in [-0.1, -0.05) is 0 Å². The Hall–Kier alpha value is 0.800. The van der Waals surface area contributed by atoms with Crippen LogP contribution in [0.15, 0.2) is 0 Å². The van der Waals surface area contributed by atoms with Crippen molar-refractivity contribution in [2.24, 2.45) is 0 Å². The number of Topliss-reactive ketones (excluding diaryl/α,β-unsaturated/α-hetero) is 1. The first-order valence-electron chi connectivity index (χ1n) is 1.40. The van der Waals surface area contributed by atoms with Gasteiger partial charge in [-0.2, -0.15) is 0 Å². The van der Waals surface area contributed by atoms with Crippen LogP contribution in [0.2, 0.25) is 0 Å². The zero-order valence-electron chi connectivity index (χ0n) is 3.19. The molecule has 0 atom stereocenters. The zero-order chi connectivity index (χ0) is 4.28. The van der Waals surface area contributed by atoms with Gasteiger partial charge < -0.3 is 0 Å². The normalized spacial score (nSPS) is 7.00. The Morgan fingerprint density at radius 1 is 2.00 bits per heavy atom. The molecule has 0 aliphatic heterocycles. The van der Waals surface area contributed by atoms with Crippen molar-refractivity contribution in [2.75, 3.05) is 0 Å². The van der Waals surface area contributed by atoms with Crippen LogP contribution in [-0.4, -0.2) is 43.1 Å². The summed E-state index contributed by atoms with van der Waals surface area (Å²) in [6.07, 6.45) is 0. The Labute approximate surface area is 54.4 Å². The van der Waals surface area contributed by atoms with Crippen molar-refractivity contribution >= 4 is 43.1 Å². The fraction of sp³-hybridized carbons (Fsp3) is 0.333. The van der Waals surface area contributed by atoms with Crippen LogP contribution in [0.3, 0.4) is 0 Å². The number of rotatable bonds is 1.